The Kier molecular flexibility index (Phi) is 4.72. The molecule has 0 saturated carbocycles. The smallest absolute Gasteiger partial charge is 0.325 e. The molecular formula is C16H16FNO4. The molecule has 1 aromatic heterocycles. The lowest BCUT2D eigenvalue weighted by Crippen LogP contribution is -2.31. The summed E-state index contributed by atoms with van der Waals surface area (Å²) >= 11 is 0. The van der Waals surface area contributed by atoms with E-state index in [1.165, 1.54) is 42.5 Å². The summed E-state index contributed by atoms with van der Waals surface area (Å²) in [6.45, 7) is 1.52. The molecule has 2 aromatic rings. The first-order chi connectivity index (χ1) is 10.4. The largest absolute Gasteiger partial charge is 0.480 e. The van der Waals surface area contributed by atoms with Crippen LogP contribution in [0.2, 0.25) is 0 Å². The minimum Gasteiger partial charge on any atom is -0.480 e. The lowest BCUT2D eigenvalue weighted by atomic mass is 10.00. The number of likely N-dealkylation sites (N-methyl/N-ethyl adjacent to an activating group) is 1. The zero-order chi connectivity index (χ0) is 16.3. The summed E-state index contributed by atoms with van der Waals surface area (Å²) in [5, 5.41) is 9.46. The Bertz CT molecular complexity index is 681. The van der Waals surface area contributed by atoms with Gasteiger partial charge in [-0.2, -0.15) is 0 Å². The van der Waals surface area contributed by atoms with Crippen LogP contribution in [0.1, 0.15) is 34.5 Å². The third-order valence-corrected chi connectivity index (χ3v) is 3.39. The van der Waals surface area contributed by atoms with Crippen LogP contribution in [0.3, 0.4) is 0 Å². The van der Waals surface area contributed by atoms with Gasteiger partial charge in [-0.15, -0.1) is 0 Å². The first-order valence-electron chi connectivity index (χ1n) is 6.65. The minimum atomic E-state index is -1.20. The van der Waals surface area contributed by atoms with E-state index in [-0.39, 0.29) is 17.7 Å². The maximum Gasteiger partial charge on any atom is 0.325 e. The molecule has 1 atom stereocenters. The van der Waals surface area contributed by atoms with Crippen LogP contribution >= 0.6 is 0 Å². The van der Waals surface area contributed by atoms with Crippen LogP contribution in [0.15, 0.2) is 41.2 Å². The molecule has 1 heterocycles. The number of nitrogens with zero attached hydrogens (tertiary/aromatic N) is 1. The van der Waals surface area contributed by atoms with Gasteiger partial charge in [0.05, 0.1) is 18.1 Å². The second-order valence-corrected chi connectivity index (χ2v) is 5.05. The first kappa shape index (κ1) is 15.9. The standard InChI is InChI=1S/C16H16FNO4/c1-10(19)12-4-3-5-13(14(12)17)15(16(20)21)18(2)8-11-6-7-22-9-11/h3-7,9,15H,8H2,1-2H3,(H,20,21). The Balaban J connectivity index is 2.38. The fourth-order valence-corrected chi connectivity index (χ4v) is 2.35. The van der Waals surface area contributed by atoms with E-state index in [4.69, 9.17) is 4.42 Å². The highest BCUT2D eigenvalue weighted by molar-refractivity contribution is 5.94. The van der Waals surface area contributed by atoms with E-state index in [1.807, 2.05) is 0 Å². The van der Waals surface area contributed by atoms with Crippen LogP contribution < -0.4 is 0 Å². The third kappa shape index (κ3) is 3.23. The zero-order valence-corrected chi connectivity index (χ0v) is 12.2. The summed E-state index contributed by atoms with van der Waals surface area (Å²) in [5.74, 6) is -2.42. The van der Waals surface area contributed by atoms with Crippen molar-refractivity contribution in [3.05, 3.63) is 59.3 Å². The van der Waals surface area contributed by atoms with E-state index in [2.05, 4.69) is 0 Å². The molecule has 0 fully saturated rings. The number of hydrogen-bond donors (Lipinski definition) is 1. The van der Waals surface area contributed by atoms with E-state index < -0.39 is 23.6 Å². The van der Waals surface area contributed by atoms with Crippen molar-refractivity contribution >= 4 is 11.8 Å². The average molecular weight is 305 g/mol. The summed E-state index contributed by atoms with van der Waals surface area (Å²) in [5.41, 5.74) is 0.628. The van der Waals surface area contributed by atoms with Crippen molar-refractivity contribution in [1.82, 2.24) is 4.90 Å². The van der Waals surface area contributed by atoms with Gasteiger partial charge in [0, 0.05) is 17.7 Å². The van der Waals surface area contributed by atoms with Crippen molar-refractivity contribution in [3.63, 3.8) is 0 Å². The second-order valence-electron chi connectivity index (χ2n) is 5.05. The lowest BCUT2D eigenvalue weighted by molar-refractivity contribution is -0.143. The topological polar surface area (TPSA) is 70.8 Å². The van der Waals surface area contributed by atoms with E-state index in [0.29, 0.717) is 0 Å². The number of carbonyl (C=O) groups is 2. The van der Waals surface area contributed by atoms with Gasteiger partial charge in [-0.25, -0.2) is 4.39 Å². The zero-order valence-electron chi connectivity index (χ0n) is 12.2. The van der Waals surface area contributed by atoms with Crippen LogP contribution in [0, 0.1) is 5.82 Å². The SMILES string of the molecule is CC(=O)c1cccc(C(C(=O)O)N(C)Cc2ccoc2)c1F. The molecular weight excluding hydrogens is 289 g/mol. The Morgan fingerprint density at radius 1 is 1.36 bits per heavy atom. The molecule has 0 aliphatic carbocycles. The van der Waals surface area contributed by atoms with Crippen molar-refractivity contribution in [2.45, 2.75) is 19.5 Å². The van der Waals surface area contributed by atoms with E-state index in [9.17, 15) is 19.1 Å². The first-order valence-corrected chi connectivity index (χ1v) is 6.65. The summed E-state index contributed by atoms with van der Waals surface area (Å²) in [6.07, 6.45) is 2.98. The number of carboxylic acid groups (broad SMARTS) is 1. The molecule has 0 saturated heterocycles. The van der Waals surface area contributed by atoms with Gasteiger partial charge in [0.25, 0.3) is 0 Å². The number of halogens is 1. The third-order valence-electron chi connectivity index (χ3n) is 3.39. The Labute approximate surface area is 127 Å². The Morgan fingerprint density at radius 2 is 2.09 bits per heavy atom. The number of Topliss-reactive ketones (excluding diaryl/α,β-unsaturated/α-hetero) is 1. The molecule has 2 rings (SSSR count). The van der Waals surface area contributed by atoms with Gasteiger partial charge >= 0.3 is 5.97 Å². The maximum absolute atomic E-state index is 14.4. The molecule has 1 N–H and O–H groups in total. The van der Waals surface area contributed by atoms with Gasteiger partial charge in [0.15, 0.2) is 5.78 Å². The minimum absolute atomic E-state index is 0.0359. The molecule has 0 amide bonds. The number of ketones is 1. The maximum atomic E-state index is 14.4. The number of carbonyl (C=O) groups excluding carboxylic acids is 1. The van der Waals surface area contributed by atoms with E-state index in [0.717, 1.165) is 5.56 Å². The molecule has 0 bridgehead atoms. The second kappa shape index (κ2) is 6.53. The fraction of sp³-hybridized carbons (Fsp3) is 0.250. The highest BCUT2D eigenvalue weighted by Crippen LogP contribution is 2.26. The van der Waals surface area contributed by atoms with Crippen molar-refractivity contribution in [2.75, 3.05) is 7.05 Å². The predicted molar refractivity (Wildman–Crippen MR) is 77.0 cm³/mol. The Morgan fingerprint density at radius 3 is 2.64 bits per heavy atom. The highest BCUT2D eigenvalue weighted by Gasteiger charge is 2.29. The van der Waals surface area contributed by atoms with Crippen molar-refractivity contribution in [3.8, 4) is 0 Å². The number of aliphatic carboxylic acids is 1. The highest BCUT2D eigenvalue weighted by atomic mass is 19.1. The van der Waals surface area contributed by atoms with E-state index >= 15 is 0 Å². The fourth-order valence-electron chi connectivity index (χ4n) is 2.35. The lowest BCUT2D eigenvalue weighted by Gasteiger charge is -2.25. The number of hydrogen-bond acceptors (Lipinski definition) is 4. The monoisotopic (exact) mass is 305 g/mol. The van der Waals surface area contributed by atoms with E-state index in [1.54, 1.807) is 13.1 Å². The van der Waals surface area contributed by atoms with Crippen LogP contribution in [0.5, 0.6) is 0 Å². The molecule has 1 aromatic carbocycles. The Hall–Kier alpha value is -2.47. The molecule has 116 valence electrons. The quantitative estimate of drug-likeness (QED) is 0.831. The van der Waals surface area contributed by atoms with Gasteiger partial charge in [-0.3, -0.25) is 14.5 Å². The number of furan rings is 1. The molecule has 0 spiro atoms. The average Bonchev–Trinajstić information content (AvgIpc) is 2.93. The summed E-state index contributed by atoms with van der Waals surface area (Å²) in [7, 11) is 1.58. The van der Waals surface area contributed by atoms with Gasteiger partial charge in [0.1, 0.15) is 11.9 Å². The van der Waals surface area contributed by atoms with Crippen LogP contribution in [-0.4, -0.2) is 28.8 Å². The summed E-state index contributed by atoms with van der Waals surface area (Å²) < 4.78 is 19.4. The number of benzene rings is 1. The normalized spacial score (nSPS) is 12.4. The molecule has 6 heteroatoms. The molecule has 1 unspecified atom stereocenters. The van der Waals surface area contributed by atoms with Crippen molar-refractivity contribution in [2.24, 2.45) is 0 Å². The molecule has 22 heavy (non-hydrogen) atoms. The molecule has 0 aliphatic heterocycles. The molecule has 5 nitrogen and oxygen atoms in total. The van der Waals surface area contributed by atoms with Crippen LogP contribution in [0.4, 0.5) is 4.39 Å². The van der Waals surface area contributed by atoms with Gasteiger partial charge in [-0.1, -0.05) is 12.1 Å². The number of rotatable bonds is 6. The summed E-state index contributed by atoms with van der Waals surface area (Å²) in [4.78, 5) is 24.5. The molecule has 0 radical (unpaired) electrons. The van der Waals surface area contributed by atoms with Crippen molar-refractivity contribution in [1.29, 1.82) is 0 Å². The van der Waals surface area contributed by atoms with Gasteiger partial charge < -0.3 is 9.52 Å². The van der Waals surface area contributed by atoms with Crippen LogP contribution in [0.25, 0.3) is 0 Å². The predicted octanol–water partition coefficient (Wildman–Crippen LogP) is 2.88. The molecule has 0 aliphatic rings. The van der Waals surface area contributed by atoms with Crippen molar-refractivity contribution < 1.29 is 23.5 Å². The number of carboxylic acids is 1. The summed E-state index contributed by atoms with van der Waals surface area (Å²) in [6, 6.07) is 4.71. The van der Waals surface area contributed by atoms with Gasteiger partial charge in [0.2, 0.25) is 0 Å². The van der Waals surface area contributed by atoms with Gasteiger partial charge in [-0.05, 0) is 26.1 Å². The van der Waals surface area contributed by atoms with Crippen LogP contribution in [-0.2, 0) is 11.3 Å².